The zero-order valence-electron chi connectivity index (χ0n) is 16.1. The Balaban J connectivity index is 1.45. The Kier molecular flexibility index (Phi) is 5.58. The van der Waals surface area contributed by atoms with Crippen LogP contribution in [0.25, 0.3) is 0 Å². The fraction of sp³-hybridized carbons (Fsp3) is 0.190. The number of nitrogens with zero attached hydrogens (tertiary/aromatic N) is 5. The number of benzene rings is 2. The van der Waals surface area contributed by atoms with E-state index in [-0.39, 0.29) is 18.2 Å². The number of hydrogen-bond acceptors (Lipinski definition) is 5. The summed E-state index contributed by atoms with van der Waals surface area (Å²) < 4.78 is 7.27. The molecule has 3 aromatic rings. The van der Waals surface area contributed by atoms with E-state index < -0.39 is 11.8 Å². The molecule has 0 saturated carbocycles. The summed E-state index contributed by atoms with van der Waals surface area (Å²) in [5, 5.41) is 8.34. The molecule has 2 aromatic carbocycles. The van der Waals surface area contributed by atoms with E-state index in [1.165, 1.54) is 17.3 Å². The number of hydrogen-bond donors (Lipinski definition) is 0. The minimum absolute atomic E-state index is 0.0648. The minimum Gasteiger partial charge on any atom is -0.490 e. The molecule has 0 saturated heterocycles. The monoisotopic (exact) mass is 423 g/mol. The van der Waals surface area contributed by atoms with Gasteiger partial charge < -0.3 is 9.64 Å². The van der Waals surface area contributed by atoms with Crippen molar-refractivity contribution in [2.45, 2.75) is 6.54 Å². The van der Waals surface area contributed by atoms with Crippen molar-refractivity contribution in [1.82, 2.24) is 15.0 Å². The number of ether oxygens (including phenoxy) is 1. The summed E-state index contributed by atoms with van der Waals surface area (Å²) in [6.07, 6.45) is 2.83. The van der Waals surface area contributed by atoms with Gasteiger partial charge in [-0.05, 0) is 23.8 Å². The second-order valence-corrected chi connectivity index (χ2v) is 7.23. The Labute approximate surface area is 177 Å². The normalized spacial score (nSPS) is 16.3. The number of anilines is 1. The Morgan fingerprint density at radius 2 is 2.10 bits per heavy atom. The van der Waals surface area contributed by atoms with Crippen molar-refractivity contribution >= 4 is 35.3 Å². The van der Waals surface area contributed by atoms with Gasteiger partial charge in [0.15, 0.2) is 5.69 Å². The molecule has 1 aromatic heterocycles. The van der Waals surface area contributed by atoms with Crippen LogP contribution < -0.4 is 9.64 Å². The van der Waals surface area contributed by atoms with Crippen molar-refractivity contribution in [2.75, 3.05) is 18.6 Å². The van der Waals surface area contributed by atoms with Gasteiger partial charge in [-0.2, -0.15) is 0 Å². The number of rotatable bonds is 4. The lowest BCUT2D eigenvalue weighted by molar-refractivity contribution is -0.120. The molecule has 0 spiro atoms. The molecule has 1 aliphatic heterocycles. The van der Waals surface area contributed by atoms with Gasteiger partial charge in [0.05, 0.1) is 18.4 Å². The molecule has 0 N–H and O–H groups in total. The molecule has 1 unspecified atom stereocenters. The molecule has 0 fully saturated rings. The van der Waals surface area contributed by atoms with Crippen LogP contribution in [0.5, 0.6) is 5.75 Å². The van der Waals surface area contributed by atoms with Crippen LogP contribution in [0.1, 0.15) is 16.1 Å². The second kappa shape index (κ2) is 8.46. The zero-order chi connectivity index (χ0) is 21.1. The van der Waals surface area contributed by atoms with Gasteiger partial charge >= 0.3 is 0 Å². The van der Waals surface area contributed by atoms with Crippen LogP contribution in [-0.4, -0.2) is 46.7 Å². The third-order valence-corrected chi connectivity index (χ3v) is 4.90. The smallest absolute Gasteiger partial charge is 0.298 e. The highest BCUT2D eigenvalue weighted by Crippen LogP contribution is 2.33. The molecule has 0 aliphatic carbocycles. The van der Waals surface area contributed by atoms with Gasteiger partial charge in [-0.15, -0.1) is 5.10 Å². The van der Waals surface area contributed by atoms with Gasteiger partial charge in [-0.25, -0.2) is 9.67 Å². The predicted octanol–water partition coefficient (Wildman–Crippen LogP) is 2.86. The van der Waals surface area contributed by atoms with Crippen LogP contribution in [0.3, 0.4) is 0 Å². The molecule has 0 bridgehead atoms. The standard InChI is InChI=1S/C21H18ClN5O3/c1-26-18-9-16(22)7-8-19(18)30-13-15(21(26)29)10-23-20(28)17-12-27(25-24-17)11-14-5-3-2-4-6-14/h2-10,12,15H,11,13H2,1H3. The molecule has 1 atom stereocenters. The SMILES string of the molecule is CN1C(=O)C(C=NC(=O)c2cn(Cc3ccccc3)nn2)COc2ccc(Cl)cc21. The summed E-state index contributed by atoms with van der Waals surface area (Å²) in [5.41, 5.74) is 1.71. The molecule has 2 heterocycles. The first-order chi connectivity index (χ1) is 14.5. The van der Waals surface area contributed by atoms with E-state index in [1.54, 1.807) is 29.9 Å². The topological polar surface area (TPSA) is 89.7 Å². The summed E-state index contributed by atoms with van der Waals surface area (Å²) in [7, 11) is 1.63. The highest BCUT2D eigenvalue weighted by Gasteiger charge is 2.28. The number of amides is 2. The van der Waals surface area contributed by atoms with Crippen LogP contribution in [0.4, 0.5) is 5.69 Å². The third-order valence-electron chi connectivity index (χ3n) is 4.67. The van der Waals surface area contributed by atoms with E-state index in [4.69, 9.17) is 16.3 Å². The average Bonchev–Trinajstić information content (AvgIpc) is 3.18. The maximum Gasteiger partial charge on any atom is 0.298 e. The molecule has 8 nitrogen and oxygen atoms in total. The van der Waals surface area contributed by atoms with Crippen LogP contribution in [-0.2, 0) is 11.3 Å². The predicted molar refractivity (Wildman–Crippen MR) is 112 cm³/mol. The highest BCUT2D eigenvalue weighted by atomic mass is 35.5. The number of aromatic nitrogens is 3. The van der Waals surface area contributed by atoms with Gasteiger partial charge in [0.25, 0.3) is 5.91 Å². The van der Waals surface area contributed by atoms with Crippen molar-refractivity contribution in [3.8, 4) is 5.75 Å². The first kappa shape index (κ1) is 19.8. The quantitative estimate of drug-likeness (QED) is 0.602. The molecular weight excluding hydrogens is 406 g/mol. The number of halogens is 1. The lowest BCUT2D eigenvalue weighted by Gasteiger charge is -2.17. The zero-order valence-corrected chi connectivity index (χ0v) is 16.9. The Morgan fingerprint density at radius 1 is 1.30 bits per heavy atom. The lowest BCUT2D eigenvalue weighted by Crippen LogP contribution is -2.34. The minimum atomic E-state index is -0.718. The molecular formula is C21H18ClN5O3. The number of aliphatic imine (C=N–C) groups is 1. The van der Waals surface area contributed by atoms with Gasteiger partial charge in [0, 0.05) is 18.3 Å². The maximum absolute atomic E-state index is 12.7. The third kappa shape index (κ3) is 4.23. The Bertz CT molecular complexity index is 1110. The van der Waals surface area contributed by atoms with Crippen molar-refractivity contribution in [2.24, 2.45) is 10.9 Å². The number of carbonyl (C=O) groups is 2. The molecule has 2 amide bonds. The van der Waals surface area contributed by atoms with E-state index in [0.717, 1.165) is 5.56 Å². The van der Waals surface area contributed by atoms with Crippen LogP contribution in [0.2, 0.25) is 5.02 Å². The molecule has 152 valence electrons. The van der Waals surface area contributed by atoms with Crippen molar-refractivity contribution in [3.63, 3.8) is 0 Å². The van der Waals surface area contributed by atoms with Crippen LogP contribution in [0.15, 0.2) is 59.7 Å². The fourth-order valence-electron chi connectivity index (χ4n) is 3.07. The molecule has 0 radical (unpaired) electrons. The number of carbonyl (C=O) groups excluding carboxylic acids is 2. The largest absolute Gasteiger partial charge is 0.490 e. The Hall–Kier alpha value is -3.52. The molecule has 30 heavy (non-hydrogen) atoms. The van der Waals surface area contributed by atoms with Gasteiger partial charge in [0.1, 0.15) is 18.3 Å². The lowest BCUT2D eigenvalue weighted by atomic mass is 10.1. The highest BCUT2D eigenvalue weighted by molar-refractivity contribution is 6.31. The average molecular weight is 424 g/mol. The van der Waals surface area contributed by atoms with Crippen molar-refractivity contribution in [3.05, 3.63) is 71.0 Å². The van der Waals surface area contributed by atoms with Crippen LogP contribution >= 0.6 is 11.6 Å². The summed E-state index contributed by atoms with van der Waals surface area (Å²) >= 11 is 6.02. The second-order valence-electron chi connectivity index (χ2n) is 6.80. The molecule has 1 aliphatic rings. The van der Waals surface area contributed by atoms with Crippen molar-refractivity contribution < 1.29 is 14.3 Å². The van der Waals surface area contributed by atoms with Gasteiger partial charge in [-0.3, -0.25) is 9.59 Å². The molecule has 4 rings (SSSR count). The first-order valence-corrected chi connectivity index (χ1v) is 9.61. The summed E-state index contributed by atoms with van der Waals surface area (Å²) in [6, 6.07) is 14.8. The summed E-state index contributed by atoms with van der Waals surface area (Å²) in [5.74, 6) is -0.999. The van der Waals surface area contributed by atoms with E-state index in [2.05, 4.69) is 15.3 Å². The fourth-order valence-corrected chi connectivity index (χ4v) is 3.23. The molecule has 9 heteroatoms. The van der Waals surface area contributed by atoms with E-state index >= 15 is 0 Å². The van der Waals surface area contributed by atoms with Gasteiger partial charge in [-0.1, -0.05) is 47.1 Å². The Morgan fingerprint density at radius 3 is 2.90 bits per heavy atom. The maximum atomic E-state index is 12.7. The first-order valence-electron chi connectivity index (χ1n) is 9.24. The summed E-state index contributed by atoms with van der Waals surface area (Å²) in [4.78, 5) is 30.5. The van der Waals surface area contributed by atoms with Crippen LogP contribution in [0, 0.1) is 5.92 Å². The van der Waals surface area contributed by atoms with E-state index in [9.17, 15) is 9.59 Å². The van der Waals surface area contributed by atoms with Crippen molar-refractivity contribution in [1.29, 1.82) is 0 Å². The number of fused-ring (bicyclic) bond motifs is 1. The summed E-state index contributed by atoms with van der Waals surface area (Å²) in [6.45, 7) is 0.556. The van der Waals surface area contributed by atoms with E-state index in [0.29, 0.717) is 23.0 Å². The van der Waals surface area contributed by atoms with Gasteiger partial charge in [0.2, 0.25) is 5.91 Å². The van der Waals surface area contributed by atoms with E-state index in [1.807, 2.05) is 30.3 Å².